The highest BCUT2D eigenvalue weighted by molar-refractivity contribution is 5.55. The number of rotatable bonds is 5. The van der Waals surface area contributed by atoms with E-state index in [-0.39, 0.29) is 0 Å². The molecule has 3 heteroatoms. The van der Waals surface area contributed by atoms with E-state index in [2.05, 4.69) is 46.9 Å². The van der Waals surface area contributed by atoms with Crippen LogP contribution in [0, 0.1) is 13.8 Å². The zero-order chi connectivity index (χ0) is 13.9. The van der Waals surface area contributed by atoms with Gasteiger partial charge in [0, 0.05) is 24.3 Å². The van der Waals surface area contributed by atoms with Crippen LogP contribution in [0.4, 0.5) is 5.82 Å². The Morgan fingerprint density at radius 2 is 1.61 bits per heavy atom. The van der Waals surface area contributed by atoms with E-state index in [9.17, 15) is 0 Å². The van der Waals surface area contributed by atoms with Gasteiger partial charge in [-0.2, -0.15) is 0 Å². The number of aryl methyl sites for hydroxylation is 1. The predicted molar refractivity (Wildman–Crippen MR) is 79.4 cm³/mol. The lowest BCUT2D eigenvalue weighted by molar-refractivity contribution is 0.792. The molecule has 0 spiro atoms. The van der Waals surface area contributed by atoms with Crippen LogP contribution in [0.3, 0.4) is 0 Å². The van der Waals surface area contributed by atoms with Crippen molar-refractivity contribution in [2.24, 2.45) is 5.73 Å². The summed E-state index contributed by atoms with van der Waals surface area (Å²) in [6.45, 7) is 14.6. The molecule has 0 amide bonds. The lowest BCUT2D eigenvalue weighted by Crippen LogP contribution is -2.17. The van der Waals surface area contributed by atoms with Crippen LogP contribution in [0.5, 0.6) is 0 Å². The summed E-state index contributed by atoms with van der Waals surface area (Å²) in [5.74, 6) is 1.99. The van der Waals surface area contributed by atoms with Crippen LogP contribution in [-0.2, 0) is 0 Å². The van der Waals surface area contributed by atoms with Crippen molar-refractivity contribution in [2.75, 3.05) is 18.4 Å². The summed E-state index contributed by atoms with van der Waals surface area (Å²) >= 11 is 0. The molecular weight excluding hydrogens is 222 g/mol. The van der Waals surface area contributed by atoms with Crippen molar-refractivity contribution >= 4 is 5.82 Å². The number of nitrogens with two attached hydrogens (primary N) is 1. The molecule has 0 aromatic carbocycles. The minimum absolute atomic E-state index is 0.468. The van der Waals surface area contributed by atoms with Gasteiger partial charge in [-0.15, -0.1) is 0 Å². The second-order valence-corrected chi connectivity index (χ2v) is 5.52. The van der Waals surface area contributed by atoms with Crippen LogP contribution in [-0.4, -0.2) is 18.1 Å². The predicted octanol–water partition coefficient (Wildman–Crippen LogP) is 3.32. The first-order valence-corrected chi connectivity index (χ1v) is 6.85. The van der Waals surface area contributed by atoms with Gasteiger partial charge in [-0.1, -0.05) is 27.7 Å². The van der Waals surface area contributed by atoms with Gasteiger partial charge in [0.25, 0.3) is 0 Å². The first kappa shape index (κ1) is 15.0. The van der Waals surface area contributed by atoms with Gasteiger partial charge in [0.05, 0.1) is 0 Å². The van der Waals surface area contributed by atoms with Crippen LogP contribution in [0.25, 0.3) is 0 Å². The second kappa shape index (κ2) is 6.19. The molecule has 0 fully saturated rings. The molecule has 0 atom stereocenters. The molecule has 1 rings (SSSR count). The maximum Gasteiger partial charge on any atom is 0.130 e. The number of hydrogen-bond acceptors (Lipinski definition) is 3. The molecule has 1 aromatic rings. The van der Waals surface area contributed by atoms with Gasteiger partial charge in [-0.3, -0.25) is 0 Å². The van der Waals surface area contributed by atoms with E-state index in [1.54, 1.807) is 0 Å². The first-order chi connectivity index (χ1) is 8.40. The Hall–Kier alpha value is -1.09. The highest BCUT2D eigenvalue weighted by Crippen LogP contribution is 2.33. The number of pyridine rings is 1. The fourth-order valence-electron chi connectivity index (χ4n) is 2.76. The lowest BCUT2D eigenvalue weighted by Gasteiger charge is -2.22. The number of hydrogen-bond donors (Lipinski definition) is 2. The third-order valence-corrected chi connectivity index (χ3v) is 3.32. The minimum Gasteiger partial charge on any atom is -0.369 e. The molecule has 0 radical (unpaired) electrons. The molecular formula is C15H27N3. The molecule has 0 aliphatic carbocycles. The SMILES string of the molecule is Cc1nc(NCCN)c(C(C)C)c(C)c1C(C)C. The molecule has 1 heterocycles. The van der Waals surface area contributed by atoms with Gasteiger partial charge in [-0.05, 0) is 36.8 Å². The monoisotopic (exact) mass is 249 g/mol. The summed E-state index contributed by atoms with van der Waals surface area (Å²) in [5, 5.41) is 3.36. The van der Waals surface area contributed by atoms with E-state index in [1.165, 1.54) is 16.7 Å². The van der Waals surface area contributed by atoms with Gasteiger partial charge in [0.1, 0.15) is 5.82 Å². The fraction of sp³-hybridized carbons (Fsp3) is 0.667. The van der Waals surface area contributed by atoms with Crippen molar-refractivity contribution in [1.29, 1.82) is 0 Å². The molecule has 102 valence electrons. The molecule has 18 heavy (non-hydrogen) atoms. The summed E-state index contributed by atoms with van der Waals surface area (Å²) in [6.07, 6.45) is 0. The standard InChI is InChI=1S/C15H27N3/c1-9(2)13-11(5)14(10(3)4)15(17-8-7-16)18-12(13)6/h9-10H,7-8,16H2,1-6H3,(H,17,18). The molecule has 0 aliphatic heterocycles. The molecule has 3 nitrogen and oxygen atoms in total. The smallest absolute Gasteiger partial charge is 0.130 e. The Labute approximate surface area is 111 Å². The molecule has 3 N–H and O–H groups in total. The first-order valence-electron chi connectivity index (χ1n) is 6.85. The van der Waals surface area contributed by atoms with E-state index in [1.807, 2.05) is 0 Å². The fourth-order valence-corrected chi connectivity index (χ4v) is 2.76. The highest BCUT2D eigenvalue weighted by Gasteiger charge is 2.18. The Morgan fingerprint density at radius 1 is 1.06 bits per heavy atom. The summed E-state index contributed by atoms with van der Waals surface area (Å²) in [6, 6.07) is 0. The maximum atomic E-state index is 5.57. The number of aromatic nitrogens is 1. The Balaban J connectivity index is 3.36. The van der Waals surface area contributed by atoms with Crippen LogP contribution < -0.4 is 11.1 Å². The third-order valence-electron chi connectivity index (χ3n) is 3.32. The van der Waals surface area contributed by atoms with Gasteiger partial charge >= 0.3 is 0 Å². The number of nitrogens with zero attached hydrogens (tertiary/aromatic N) is 1. The zero-order valence-corrected chi connectivity index (χ0v) is 12.6. The molecule has 0 bridgehead atoms. The molecule has 1 aromatic heterocycles. The van der Waals surface area contributed by atoms with Crippen LogP contribution >= 0.6 is 0 Å². The van der Waals surface area contributed by atoms with Gasteiger partial charge in [0.15, 0.2) is 0 Å². The van der Waals surface area contributed by atoms with Crippen LogP contribution in [0.2, 0.25) is 0 Å². The van der Waals surface area contributed by atoms with Gasteiger partial charge < -0.3 is 11.1 Å². The van der Waals surface area contributed by atoms with Crippen LogP contribution in [0.15, 0.2) is 0 Å². The van der Waals surface area contributed by atoms with E-state index in [0.29, 0.717) is 18.4 Å². The van der Waals surface area contributed by atoms with Crippen molar-refractivity contribution < 1.29 is 0 Å². The summed E-state index contributed by atoms with van der Waals surface area (Å²) < 4.78 is 0. The Morgan fingerprint density at radius 3 is 2.06 bits per heavy atom. The van der Waals surface area contributed by atoms with E-state index in [4.69, 9.17) is 10.7 Å². The van der Waals surface area contributed by atoms with Crippen molar-refractivity contribution in [1.82, 2.24) is 4.98 Å². The lowest BCUT2D eigenvalue weighted by atomic mass is 9.89. The van der Waals surface area contributed by atoms with Crippen molar-refractivity contribution in [3.05, 3.63) is 22.4 Å². The van der Waals surface area contributed by atoms with Crippen LogP contribution in [0.1, 0.15) is 61.9 Å². The third kappa shape index (κ3) is 3.02. The van der Waals surface area contributed by atoms with E-state index < -0.39 is 0 Å². The average molecular weight is 249 g/mol. The normalized spacial score (nSPS) is 11.4. The van der Waals surface area contributed by atoms with E-state index >= 15 is 0 Å². The zero-order valence-electron chi connectivity index (χ0n) is 12.6. The summed E-state index contributed by atoms with van der Waals surface area (Å²) in [4.78, 5) is 4.75. The van der Waals surface area contributed by atoms with Crippen molar-refractivity contribution in [2.45, 2.75) is 53.4 Å². The second-order valence-electron chi connectivity index (χ2n) is 5.52. The quantitative estimate of drug-likeness (QED) is 0.841. The van der Waals surface area contributed by atoms with Gasteiger partial charge in [0.2, 0.25) is 0 Å². The Bertz CT molecular complexity index is 409. The maximum absolute atomic E-state index is 5.57. The highest BCUT2D eigenvalue weighted by atomic mass is 15.0. The van der Waals surface area contributed by atoms with E-state index in [0.717, 1.165) is 18.1 Å². The molecule has 0 saturated heterocycles. The largest absolute Gasteiger partial charge is 0.369 e. The average Bonchev–Trinajstić information content (AvgIpc) is 2.24. The van der Waals surface area contributed by atoms with Gasteiger partial charge in [-0.25, -0.2) is 4.98 Å². The number of nitrogens with one attached hydrogen (secondary N) is 1. The van der Waals surface area contributed by atoms with Crippen molar-refractivity contribution in [3.8, 4) is 0 Å². The van der Waals surface area contributed by atoms with Crippen molar-refractivity contribution in [3.63, 3.8) is 0 Å². The minimum atomic E-state index is 0.468. The topological polar surface area (TPSA) is 50.9 Å². The summed E-state index contributed by atoms with van der Waals surface area (Å²) in [7, 11) is 0. The molecule has 0 aliphatic rings. The molecule has 0 unspecified atom stereocenters. The molecule has 0 saturated carbocycles. The number of anilines is 1. The Kier molecular flexibility index (Phi) is 5.15. The summed E-state index contributed by atoms with van der Waals surface area (Å²) in [5.41, 5.74) is 10.8.